The molecule has 3 nitrogen and oxygen atoms in total. The molecule has 0 aromatic carbocycles. The zero-order valence-corrected chi connectivity index (χ0v) is 10.9. The average molecular weight is 239 g/mol. The lowest BCUT2D eigenvalue weighted by atomic mass is 9.72. The van der Waals surface area contributed by atoms with E-state index >= 15 is 0 Å². The fourth-order valence-electron chi connectivity index (χ4n) is 3.50. The Morgan fingerprint density at radius 3 is 2.24 bits per heavy atom. The predicted molar refractivity (Wildman–Crippen MR) is 67.7 cm³/mol. The van der Waals surface area contributed by atoms with Crippen LogP contribution in [0.25, 0.3) is 0 Å². The SMILES string of the molecule is COC(=O)C[C@H]1CC[C@@H](C2CCNCC2)CC1. The summed E-state index contributed by atoms with van der Waals surface area (Å²) in [6, 6.07) is 0. The Bertz CT molecular complexity index is 241. The Balaban J connectivity index is 1.71. The first-order valence-corrected chi connectivity index (χ1v) is 7.07. The smallest absolute Gasteiger partial charge is 0.305 e. The lowest BCUT2D eigenvalue weighted by Crippen LogP contribution is -2.33. The van der Waals surface area contributed by atoms with Gasteiger partial charge >= 0.3 is 5.97 Å². The molecule has 1 aliphatic heterocycles. The molecule has 1 aliphatic carbocycles. The highest BCUT2D eigenvalue weighted by Gasteiger charge is 2.29. The first-order chi connectivity index (χ1) is 8.29. The number of methoxy groups -OCH3 is 1. The second-order valence-corrected chi connectivity index (χ2v) is 5.65. The molecule has 2 aliphatic rings. The van der Waals surface area contributed by atoms with Gasteiger partial charge in [0, 0.05) is 6.42 Å². The molecule has 1 N–H and O–H groups in total. The van der Waals surface area contributed by atoms with Gasteiger partial charge in [-0.25, -0.2) is 0 Å². The van der Waals surface area contributed by atoms with Crippen LogP contribution in [0, 0.1) is 17.8 Å². The predicted octanol–water partition coefficient (Wildman–Crippen LogP) is 2.36. The standard InChI is InChI=1S/C14H25NO2/c1-17-14(16)10-11-2-4-12(5-3-11)13-6-8-15-9-7-13/h11-13,15H,2-10H2,1H3/t11-,12+. The molecular weight excluding hydrogens is 214 g/mol. The summed E-state index contributed by atoms with van der Waals surface area (Å²) in [5, 5.41) is 3.44. The topological polar surface area (TPSA) is 38.3 Å². The summed E-state index contributed by atoms with van der Waals surface area (Å²) in [5.74, 6) is 2.41. The zero-order valence-electron chi connectivity index (χ0n) is 10.9. The van der Waals surface area contributed by atoms with Crippen LogP contribution >= 0.6 is 0 Å². The lowest BCUT2D eigenvalue weighted by Gasteiger charge is -2.35. The second kappa shape index (κ2) is 6.39. The molecule has 0 aromatic rings. The van der Waals surface area contributed by atoms with Crippen molar-refractivity contribution in [3.8, 4) is 0 Å². The third kappa shape index (κ3) is 3.70. The van der Waals surface area contributed by atoms with Gasteiger partial charge in [0.2, 0.25) is 0 Å². The van der Waals surface area contributed by atoms with Crippen molar-refractivity contribution in [2.75, 3.05) is 20.2 Å². The van der Waals surface area contributed by atoms with Crippen molar-refractivity contribution in [1.29, 1.82) is 0 Å². The molecule has 17 heavy (non-hydrogen) atoms. The van der Waals surface area contributed by atoms with Crippen LogP contribution in [0.1, 0.15) is 44.9 Å². The van der Waals surface area contributed by atoms with Crippen molar-refractivity contribution in [2.24, 2.45) is 17.8 Å². The monoisotopic (exact) mass is 239 g/mol. The lowest BCUT2D eigenvalue weighted by molar-refractivity contribution is -0.142. The summed E-state index contributed by atoms with van der Waals surface area (Å²) >= 11 is 0. The van der Waals surface area contributed by atoms with Crippen molar-refractivity contribution >= 4 is 5.97 Å². The summed E-state index contributed by atoms with van der Waals surface area (Å²) in [5.41, 5.74) is 0. The van der Waals surface area contributed by atoms with Crippen LogP contribution in [0.15, 0.2) is 0 Å². The summed E-state index contributed by atoms with van der Waals surface area (Å²) in [6.07, 6.45) is 8.44. The van der Waals surface area contributed by atoms with E-state index < -0.39 is 0 Å². The molecule has 2 rings (SSSR count). The average Bonchev–Trinajstić information content (AvgIpc) is 2.40. The molecule has 0 atom stereocenters. The minimum Gasteiger partial charge on any atom is -0.469 e. The van der Waals surface area contributed by atoms with Gasteiger partial charge in [-0.05, 0) is 69.4 Å². The molecule has 98 valence electrons. The first-order valence-electron chi connectivity index (χ1n) is 7.07. The summed E-state index contributed by atoms with van der Waals surface area (Å²) in [6.45, 7) is 2.40. The maximum Gasteiger partial charge on any atom is 0.305 e. The van der Waals surface area contributed by atoms with Crippen LogP contribution < -0.4 is 5.32 Å². The fourth-order valence-corrected chi connectivity index (χ4v) is 3.50. The minimum atomic E-state index is -0.0321. The Morgan fingerprint density at radius 1 is 1.06 bits per heavy atom. The Kier molecular flexibility index (Phi) is 4.84. The van der Waals surface area contributed by atoms with Gasteiger partial charge in [-0.1, -0.05) is 0 Å². The van der Waals surface area contributed by atoms with E-state index in [1.54, 1.807) is 0 Å². The van der Waals surface area contributed by atoms with Crippen molar-refractivity contribution in [1.82, 2.24) is 5.32 Å². The van der Waals surface area contributed by atoms with Crippen molar-refractivity contribution in [2.45, 2.75) is 44.9 Å². The van der Waals surface area contributed by atoms with Gasteiger partial charge in [-0.15, -0.1) is 0 Å². The number of carbonyl (C=O) groups excluding carboxylic acids is 1. The molecule has 0 aromatic heterocycles. The second-order valence-electron chi connectivity index (χ2n) is 5.65. The Morgan fingerprint density at radius 2 is 1.65 bits per heavy atom. The van der Waals surface area contributed by atoms with Crippen LogP contribution in [0.2, 0.25) is 0 Å². The van der Waals surface area contributed by atoms with E-state index in [0.717, 1.165) is 11.8 Å². The van der Waals surface area contributed by atoms with Gasteiger partial charge in [-0.3, -0.25) is 4.79 Å². The number of esters is 1. The third-order valence-corrected chi connectivity index (χ3v) is 4.62. The van der Waals surface area contributed by atoms with Crippen molar-refractivity contribution in [3.63, 3.8) is 0 Å². The van der Waals surface area contributed by atoms with E-state index in [9.17, 15) is 4.79 Å². The van der Waals surface area contributed by atoms with Crippen LogP contribution in [0.3, 0.4) is 0 Å². The number of carbonyl (C=O) groups is 1. The van der Waals surface area contributed by atoms with Crippen LogP contribution in [-0.2, 0) is 9.53 Å². The van der Waals surface area contributed by atoms with E-state index in [0.29, 0.717) is 12.3 Å². The van der Waals surface area contributed by atoms with E-state index in [1.807, 2.05) is 0 Å². The molecule has 1 heterocycles. The highest BCUT2D eigenvalue weighted by atomic mass is 16.5. The summed E-state index contributed by atoms with van der Waals surface area (Å²) in [7, 11) is 1.49. The van der Waals surface area contributed by atoms with E-state index in [1.165, 1.54) is 58.7 Å². The third-order valence-electron chi connectivity index (χ3n) is 4.62. The molecular formula is C14H25NO2. The van der Waals surface area contributed by atoms with Crippen LogP contribution in [0.5, 0.6) is 0 Å². The Hall–Kier alpha value is -0.570. The first kappa shape index (κ1) is 12.9. The minimum absolute atomic E-state index is 0.0321. The van der Waals surface area contributed by atoms with Gasteiger partial charge in [0.05, 0.1) is 7.11 Å². The molecule has 2 fully saturated rings. The normalized spacial score (nSPS) is 31.1. The molecule has 0 amide bonds. The van der Waals surface area contributed by atoms with Gasteiger partial charge in [0.15, 0.2) is 0 Å². The maximum absolute atomic E-state index is 11.2. The van der Waals surface area contributed by atoms with E-state index in [2.05, 4.69) is 5.32 Å². The van der Waals surface area contributed by atoms with E-state index in [-0.39, 0.29) is 5.97 Å². The zero-order chi connectivity index (χ0) is 12.1. The number of ether oxygens (including phenoxy) is 1. The largest absolute Gasteiger partial charge is 0.469 e. The quantitative estimate of drug-likeness (QED) is 0.768. The van der Waals surface area contributed by atoms with Gasteiger partial charge in [-0.2, -0.15) is 0 Å². The van der Waals surface area contributed by atoms with Gasteiger partial charge < -0.3 is 10.1 Å². The number of hydrogen-bond acceptors (Lipinski definition) is 3. The highest BCUT2D eigenvalue weighted by Crippen LogP contribution is 2.37. The molecule has 0 spiro atoms. The molecule has 0 bridgehead atoms. The molecule has 1 saturated heterocycles. The van der Waals surface area contributed by atoms with Crippen LogP contribution in [-0.4, -0.2) is 26.2 Å². The molecule has 0 radical (unpaired) electrons. The molecule has 3 heteroatoms. The van der Waals surface area contributed by atoms with Crippen LogP contribution in [0.4, 0.5) is 0 Å². The maximum atomic E-state index is 11.2. The van der Waals surface area contributed by atoms with Gasteiger partial charge in [0.1, 0.15) is 0 Å². The number of rotatable bonds is 3. The van der Waals surface area contributed by atoms with Crippen molar-refractivity contribution in [3.05, 3.63) is 0 Å². The fraction of sp³-hybridized carbons (Fsp3) is 0.929. The molecule has 1 saturated carbocycles. The molecule has 0 unspecified atom stereocenters. The Labute approximate surface area is 104 Å². The summed E-state index contributed by atoms with van der Waals surface area (Å²) < 4.78 is 4.75. The number of hydrogen-bond donors (Lipinski definition) is 1. The van der Waals surface area contributed by atoms with E-state index in [4.69, 9.17) is 4.74 Å². The number of piperidine rings is 1. The number of nitrogens with one attached hydrogen (secondary N) is 1. The van der Waals surface area contributed by atoms with Gasteiger partial charge in [0.25, 0.3) is 0 Å². The summed E-state index contributed by atoms with van der Waals surface area (Å²) in [4.78, 5) is 11.2. The highest BCUT2D eigenvalue weighted by molar-refractivity contribution is 5.69. The van der Waals surface area contributed by atoms with Crippen molar-refractivity contribution < 1.29 is 9.53 Å².